The van der Waals surface area contributed by atoms with Crippen molar-refractivity contribution >= 4 is 18.0 Å². The summed E-state index contributed by atoms with van der Waals surface area (Å²) in [6.45, 7) is 5.03. The lowest BCUT2D eigenvalue weighted by Gasteiger charge is -2.23. The molecule has 1 unspecified atom stereocenters. The number of carbonyl (C=O) groups is 3. The van der Waals surface area contributed by atoms with Gasteiger partial charge in [0.05, 0.1) is 18.4 Å². The third-order valence-corrected chi connectivity index (χ3v) is 4.71. The highest BCUT2D eigenvalue weighted by atomic mass is 16.6. The van der Waals surface area contributed by atoms with Crippen LogP contribution in [-0.2, 0) is 19.1 Å². The zero-order valence-corrected chi connectivity index (χ0v) is 17.1. The molecule has 3 rings (SSSR count). The summed E-state index contributed by atoms with van der Waals surface area (Å²) in [6, 6.07) is 14.2. The van der Waals surface area contributed by atoms with Crippen molar-refractivity contribution in [3.8, 4) is 11.1 Å². The number of alkyl carbamates (subject to hydrolysis) is 1. The van der Waals surface area contributed by atoms with Crippen LogP contribution in [0.25, 0.3) is 11.1 Å². The van der Waals surface area contributed by atoms with E-state index in [0.717, 1.165) is 22.3 Å². The Kier molecular flexibility index (Phi) is 6.10. The Bertz CT molecular complexity index is 917. The molecule has 0 aliphatic heterocycles. The molecule has 1 atom stereocenters. The fraction of sp³-hybridized carbons (Fsp3) is 0.348. The predicted molar refractivity (Wildman–Crippen MR) is 107 cm³/mol. The van der Waals surface area contributed by atoms with E-state index >= 15 is 0 Å². The first-order valence-electron chi connectivity index (χ1n) is 9.70. The lowest BCUT2D eigenvalue weighted by Crippen LogP contribution is -2.49. The third kappa shape index (κ3) is 4.97. The van der Waals surface area contributed by atoms with E-state index in [0.29, 0.717) is 0 Å². The lowest BCUT2D eigenvalue weighted by molar-refractivity contribution is -0.308. The molecule has 158 valence electrons. The minimum absolute atomic E-state index is 0.0338. The number of aliphatic carboxylic acids is 1. The van der Waals surface area contributed by atoms with Crippen LogP contribution in [0.3, 0.4) is 0 Å². The Labute approximate surface area is 175 Å². The summed E-state index contributed by atoms with van der Waals surface area (Å²) in [5, 5.41) is 13.5. The minimum atomic E-state index is -1.59. The average molecular weight is 410 g/mol. The van der Waals surface area contributed by atoms with Crippen LogP contribution in [-0.4, -0.2) is 36.3 Å². The number of carboxylic acids is 1. The smallest absolute Gasteiger partial charge is 0.407 e. The number of amides is 1. The maximum Gasteiger partial charge on any atom is 0.407 e. The van der Waals surface area contributed by atoms with Crippen LogP contribution in [0.4, 0.5) is 4.79 Å². The van der Waals surface area contributed by atoms with Gasteiger partial charge in [-0.15, -0.1) is 0 Å². The molecule has 0 fully saturated rings. The van der Waals surface area contributed by atoms with Crippen LogP contribution in [0.15, 0.2) is 48.5 Å². The molecule has 0 bridgehead atoms. The summed E-state index contributed by atoms with van der Waals surface area (Å²) in [5.41, 5.74) is 3.48. The predicted octanol–water partition coefficient (Wildman–Crippen LogP) is 2.38. The number of fused-ring (bicyclic) bond motifs is 3. The van der Waals surface area contributed by atoms with E-state index in [2.05, 4.69) is 5.32 Å². The number of hydrogen-bond donors (Lipinski definition) is 1. The van der Waals surface area contributed by atoms with Gasteiger partial charge in [-0.3, -0.25) is 4.79 Å². The highest BCUT2D eigenvalue weighted by Crippen LogP contribution is 2.44. The second-order valence-corrected chi connectivity index (χ2v) is 8.13. The number of benzene rings is 2. The maximum absolute atomic E-state index is 12.2. The van der Waals surface area contributed by atoms with Crippen molar-refractivity contribution < 1.29 is 29.0 Å². The van der Waals surface area contributed by atoms with Crippen molar-refractivity contribution in [3.63, 3.8) is 0 Å². The topological polar surface area (TPSA) is 105 Å². The molecule has 2 aromatic rings. The number of carboxylic acid groups (broad SMARTS) is 1. The van der Waals surface area contributed by atoms with Gasteiger partial charge < -0.3 is 24.7 Å². The molecule has 2 aromatic carbocycles. The van der Waals surface area contributed by atoms with Crippen LogP contribution in [0.5, 0.6) is 0 Å². The van der Waals surface area contributed by atoms with Gasteiger partial charge in [0.25, 0.3) is 0 Å². The maximum atomic E-state index is 12.2. The fourth-order valence-corrected chi connectivity index (χ4v) is 3.53. The zero-order chi connectivity index (χ0) is 21.9. The molecule has 0 spiro atoms. The number of esters is 1. The Balaban J connectivity index is 1.64. The normalized spacial score (nSPS) is 13.7. The van der Waals surface area contributed by atoms with Gasteiger partial charge in [0.1, 0.15) is 12.2 Å². The molecule has 7 heteroatoms. The highest BCUT2D eigenvalue weighted by Gasteiger charge is 2.29. The van der Waals surface area contributed by atoms with Crippen LogP contribution in [0, 0.1) is 0 Å². The monoisotopic (exact) mass is 410 g/mol. The summed E-state index contributed by atoms with van der Waals surface area (Å²) in [4.78, 5) is 35.5. The van der Waals surface area contributed by atoms with Gasteiger partial charge in [0, 0.05) is 5.92 Å². The van der Waals surface area contributed by atoms with E-state index < -0.39 is 36.1 Å². The SMILES string of the molecule is CC(C)(C)OC(=O)CC(NC(=O)OCC1c2ccccc2-c2ccccc21)C(=O)[O-]. The number of hydrogen-bond acceptors (Lipinski definition) is 6. The quantitative estimate of drug-likeness (QED) is 0.733. The lowest BCUT2D eigenvalue weighted by atomic mass is 9.98. The zero-order valence-electron chi connectivity index (χ0n) is 17.1. The van der Waals surface area contributed by atoms with Crippen molar-refractivity contribution in [2.75, 3.05) is 6.61 Å². The number of carbonyl (C=O) groups excluding carboxylic acids is 3. The molecular formula is C23H24NO6-. The van der Waals surface area contributed by atoms with Crippen molar-refractivity contribution in [1.29, 1.82) is 0 Å². The molecule has 1 aliphatic rings. The fourth-order valence-electron chi connectivity index (χ4n) is 3.53. The van der Waals surface area contributed by atoms with E-state index in [9.17, 15) is 19.5 Å². The van der Waals surface area contributed by atoms with Crippen LogP contribution in [0.2, 0.25) is 0 Å². The number of rotatable bonds is 6. The Morgan fingerprint density at radius 1 is 1.00 bits per heavy atom. The molecule has 0 saturated heterocycles. The minimum Gasteiger partial charge on any atom is -0.548 e. The highest BCUT2D eigenvalue weighted by molar-refractivity contribution is 5.84. The van der Waals surface area contributed by atoms with Crippen molar-refractivity contribution in [3.05, 3.63) is 59.7 Å². The molecule has 30 heavy (non-hydrogen) atoms. The molecule has 1 aliphatic carbocycles. The van der Waals surface area contributed by atoms with Gasteiger partial charge in [0.15, 0.2) is 0 Å². The number of nitrogens with one attached hydrogen (secondary N) is 1. The van der Waals surface area contributed by atoms with Gasteiger partial charge >= 0.3 is 12.1 Å². The first kappa shape index (κ1) is 21.4. The van der Waals surface area contributed by atoms with Gasteiger partial charge in [-0.25, -0.2) is 4.79 Å². The van der Waals surface area contributed by atoms with Gasteiger partial charge in [-0.2, -0.15) is 0 Å². The van der Waals surface area contributed by atoms with Crippen molar-refractivity contribution in [2.45, 2.75) is 44.8 Å². The third-order valence-electron chi connectivity index (χ3n) is 4.71. The van der Waals surface area contributed by atoms with Gasteiger partial charge in [-0.1, -0.05) is 48.5 Å². The molecule has 7 nitrogen and oxygen atoms in total. The van der Waals surface area contributed by atoms with E-state index in [-0.39, 0.29) is 12.5 Å². The number of ether oxygens (including phenoxy) is 2. The van der Waals surface area contributed by atoms with E-state index in [1.165, 1.54) is 0 Å². The van der Waals surface area contributed by atoms with Crippen molar-refractivity contribution in [1.82, 2.24) is 5.32 Å². The van der Waals surface area contributed by atoms with Crippen LogP contribution < -0.4 is 10.4 Å². The molecule has 0 radical (unpaired) electrons. The van der Waals surface area contributed by atoms with E-state index in [1.54, 1.807) is 20.8 Å². The molecule has 0 aromatic heterocycles. The second kappa shape index (κ2) is 8.57. The Morgan fingerprint density at radius 2 is 1.53 bits per heavy atom. The molecule has 1 N–H and O–H groups in total. The standard InChI is InChI=1S/C23H25NO6/c1-23(2,3)30-20(25)12-19(21(26)27)24-22(28)29-13-18-16-10-6-4-8-14(16)15-9-5-7-11-17(15)18/h4-11,18-19H,12-13H2,1-3H3,(H,24,28)(H,26,27)/p-1. The first-order chi connectivity index (χ1) is 14.2. The van der Waals surface area contributed by atoms with E-state index in [4.69, 9.17) is 9.47 Å². The van der Waals surface area contributed by atoms with Crippen LogP contribution >= 0.6 is 0 Å². The summed E-state index contributed by atoms with van der Waals surface area (Å²) in [6.07, 6.45) is -1.49. The van der Waals surface area contributed by atoms with Gasteiger partial charge in [0.2, 0.25) is 0 Å². The van der Waals surface area contributed by atoms with E-state index in [1.807, 2.05) is 48.5 Å². The molecular weight excluding hydrogens is 386 g/mol. The largest absolute Gasteiger partial charge is 0.548 e. The van der Waals surface area contributed by atoms with Crippen molar-refractivity contribution in [2.24, 2.45) is 0 Å². The summed E-state index contributed by atoms with van der Waals surface area (Å²) in [7, 11) is 0. The molecule has 0 saturated carbocycles. The summed E-state index contributed by atoms with van der Waals surface area (Å²) in [5.74, 6) is -2.50. The molecule has 0 heterocycles. The molecule has 1 amide bonds. The van der Waals surface area contributed by atoms with Crippen LogP contribution in [0.1, 0.15) is 44.2 Å². The van der Waals surface area contributed by atoms with Gasteiger partial charge in [-0.05, 0) is 43.0 Å². The summed E-state index contributed by atoms with van der Waals surface area (Å²) >= 11 is 0. The Morgan fingerprint density at radius 3 is 2.03 bits per heavy atom. The second-order valence-electron chi connectivity index (χ2n) is 8.13. The summed E-state index contributed by atoms with van der Waals surface area (Å²) < 4.78 is 10.4. The Hall–Kier alpha value is -3.35. The average Bonchev–Trinajstić information content (AvgIpc) is 2.98. The first-order valence-corrected chi connectivity index (χ1v) is 9.70.